The van der Waals surface area contributed by atoms with Crippen LogP contribution in [0.5, 0.6) is 5.75 Å². The average molecular weight is 356 g/mol. The number of nitrogens with zero attached hydrogens (tertiary/aromatic N) is 2. The Labute approximate surface area is 143 Å². The lowest BCUT2D eigenvalue weighted by Gasteiger charge is -2.17. The molecule has 0 N–H and O–H groups in total. The molecule has 1 aromatic heterocycles. The van der Waals surface area contributed by atoms with E-state index in [-0.39, 0.29) is 11.7 Å². The molecule has 2 aromatic rings. The smallest absolute Gasteiger partial charge is 0.406 e. The monoisotopic (exact) mass is 356 g/mol. The Bertz CT molecular complexity index is 704. The molecule has 0 atom stereocenters. The Morgan fingerprint density at radius 3 is 2.40 bits per heavy atom. The number of benzene rings is 1. The number of carbonyl (C=O) groups is 1. The van der Waals surface area contributed by atoms with Crippen molar-refractivity contribution in [1.29, 1.82) is 0 Å². The van der Waals surface area contributed by atoms with Crippen LogP contribution in [0.3, 0.4) is 0 Å². The lowest BCUT2D eigenvalue weighted by atomic mass is 10.1. The molecule has 5 nitrogen and oxygen atoms in total. The summed E-state index contributed by atoms with van der Waals surface area (Å²) in [6.45, 7) is 3.92. The summed E-state index contributed by atoms with van der Waals surface area (Å²) in [5, 5.41) is 3.85. The molecule has 1 heterocycles. The van der Waals surface area contributed by atoms with Crippen LogP contribution in [0.2, 0.25) is 0 Å². The standard InChI is InChI=1S/C17H19F3N2O3/c1-11-15(12(2)25-21-11)8-9-16(23)22(3)10-13-4-6-14(7-5-13)24-17(18,19)20/h4-7H,8-10H2,1-3H3. The predicted molar refractivity (Wildman–Crippen MR) is 83.9 cm³/mol. The second-order valence-electron chi connectivity index (χ2n) is 5.74. The van der Waals surface area contributed by atoms with E-state index in [1.165, 1.54) is 29.2 Å². The van der Waals surface area contributed by atoms with E-state index in [4.69, 9.17) is 4.52 Å². The van der Waals surface area contributed by atoms with Crippen molar-refractivity contribution in [1.82, 2.24) is 10.1 Å². The molecular formula is C17H19F3N2O3. The van der Waals surface area contributed by atoms with Crippen LogP contribution >= 0.6 is 0 Å². The SMILES string of the molecule is Cc1noc(C)c1CCC(=O)N(C)Cc1ccc(OC(F)(F)F)cc1. The summed E-state index contributed by atoms with van der Waals surface area (Å²) >= 11 is 0. The van der Waals surface area contributed by atoms with E-state index in [9.17, 15) is 18.0 Å². The van der Waals surface area contributed by atoms with Crippen LogP contribution in [0, 0.1) is 13.8 Å². The normalized spacial score (nSPS) is 11.4. The van der Waals surface area contributed by atoms with Gasteiger partial charge in [-0.2, -0.15) is 0 Å². The average Bonchev–Trinajstić information content (AvgIpc) is 2.84. The van der Waals surface area contributed by atoms with Crippen molar-refractivity contribution in [2.24, 2.45) is 0 Å². The van der Waals surface area contributed by atoms with Crippen molar-refractivity contribution < 1.29 is 27.2 Å². The van der Waals surface area contributed by atoms with E-state index in [0.29, 0.717) is 30.7 Å². The molecule has 0 unspecified atom stereocenters. The first-order chi connectivity index (χ1) is 11.7. The molecule has 25 heavy (non-hydrogen) atoms. The van der Waals surface area contributed by atoms with Crippen molar-refractivity contribution in [2.45, 2.75) is 39.6 Å². The van der Waals surface area contributed by atoms with Gasteiger partial charge < -0.3 is 14.2 Å². The number of rotatable bonds is 6. The number of hydrogen-bond acceptors (Lipinski definition) is 4. The molecule has 0 aliphatic carbocycles. The molecule has 136 valence electrons. The van der Waals surface area contributed by atoms with Crippen molar-refractivity contribution >= 4 is 5.91 Å². The minimum atomic E-state index is -4.72. The van der Waals surface area contributed by atoms with E-state index in [1.807, 2.05) is 6.92 Å². The third-order valence-electron chi connectivity index (χ3n) is 3.77. The van der Waals surface area contributed by atoms with Gasteiger partial charge in [0.2, 0.25) is 5.91 Å². The van der Waals surface area contributed by atoms with Gasteiger partial charge in [-0.1, -0.05) is 17.3 Å². The molecule has 0 bridgehead atoms. The van der Waals surface area contributed by atoms with Crippen LogP contribution in [-0.2, 0) is 17.8 Å². The number of alkyl halides is 3. The van der Waals surface area contributed by atoms with Gasteiger partial charge >= 0.3 is 6.36 Å². The molecule has 0 aliphatic rings. The van der Waals surface area contributed by atoms with Crippen molar-refractivity contribution in [2.75, 3.05) is 7.05 Å². The maximum atomic E-state index is 12.2. The van der Waals surface area contributed by atoms with E-state index < -0.39 is 6.36 Å². The molecule has 1 amide bonds. The number of aromatic nitrogens is 1. The Morgan fingerprint density at radius 2 is 1.88 bits per heavy atom. The highest BCUT2D eigenvalue weighted by atomic mass is 19.4. The van der Waals surface area contributed by atoms with Crippen LogP contribution in [0.15, 0.2) is 28.8 Å². The van der Waals surface area contributed by atoms with E-state index >= 15 is 0 Å². The first-order valence-electron chi connectivity index (χ1n) is 7.66. The highest BCUT2D eigenvalue weighted by molar-refractivity contribution is 5.76. The van der Waals surface area contributed by atoms with Gasteiger partial charge in [0.1, 0.15) is 11.5 Å². The van der Waals surface area contributed by atoms with Gasteiger partial charge in [0.25, 0.3) is 0 Å². The Kier molecular flexibility index (Phi) is 5.71. The van der Waals surface area contributed by atoms with Crippen LogP contribution in [-0.4, -0.2) is 29.4 Å². The summed E-state index contributed by atoms with van der Waals surface area (Å²) in [5.74, 6) is 0.340. The molecule has 0 spiro atoms. The molecule has 0 radical (unpaired) electrons. The van der Waals surface area contributed by atoms with Gasteiger partial charge in [0.15, 0.2) is 0 Å². The molecule has 0 saturated carbocycles. The zero-order chi connectivity index (χ0) is 18.6. The summed E-state index contributed by atoms with van der Waals surface area (Å²) in [4.78, 5) is 13.7. The lowest BCUT2D eigenvalue weighted by molar-refractivity contribution is -0.274. The molecule has 0 fully saturated rings. The van der Waals surface area contributed by atoms with E-state index in [2.05, 4.69) is 9.89 Å². The topological polar surface area (TPSA) is 55.6 Å². The molecule has 1 aromatic carbocycles. The largest absolute Gasteiger partial charge is 0.573 e. The summed E-state index contributed by atoms with van der Waals surface area (Å²) in [6.07, 6.45) is -3.89. The van der Waals surface area contributed by atoms with Gasteiger partial charge in [-0.15, -0.1) is 13.2 Å². The Hall–Kier alpha value is -2.51. The zero-order valence-corrected chi connectivity index (χ0v) is 14.2. The fraction of sp³-hybridized carbons (Fsp3) is 0.412. The van der Waals surface area contributed by atoms with Crippen molar-refractivity contribution in [3.8, 4) is 5.75 Å². The first kappa shape index (κ1) is 18.8. The minimum absolute atomic E-state index is 0.0735. The van der Waals surface area contributed by atoms with Crippen LogP contribution in [0.1, 0.15) is 29.0 Å². The van der Waals surface area contributed by atoms with Crippen LogP contribution < -0.4 is 4.74 Å². The highest BCUT2D eigenvalue weighted by Gasteiger charge is 2.30. The third kappa shape index (κ3) is 5.51. The van der Waals surface area contributed by atoms with Crippen LogP contribution in [0.4, 0.5) is 13.2 Å². The first-order valence-corrected chi connectivity index (χ1v) is 7.66. The van der Waals surface area contributed by atoms with Gasteiger partial charge in [-0.05, 0) is 38.0 Å². The second-order valence-corrected chi connectivity index (χ2v) is 5.74. The quantitative estimate of drug-likeness (QED) is 0.790. The fourth-order valence-corrected chi connectivity index (χ4v) is 2.44. The van der Waals surface area contributed by atoms with Gasteiger partial charge in [-0.25, -0.2) is 0 Å². The number of aryl methyl sites for hydroxylation is 2. The van der Waals surface area contributed by atoms with E-state index in [0.717, 1.165) is 11.3 Å². The van der Waals surface area contributed by atoms with Gasteiger partial charge in [-0.3, -0.25) is 4.79 Å². The summed E-state index contributed by atoms with van der Waals surface area (Å²) in [6, 6.07) is 5.45. The Morgan fingerprint density at radius 1 is 1.24 bits per heavy atom. The third-order valence-corrected chi connectivity index (χ3v) is 3.77. The predicted octanol–water partition coefficient (Wildman–Crippen LogP) is 3.78. The number of carbonyl (C=O) groups excluding carboxylic acids is 1. The molecule has 8 heteroatoms. The highest BCUT2D eigenvalue weighted by Crippen LogP contribution is 2.23. The van der Waals surface area contributed by atoms with Crippen LogP contribution in [0.25, 0.3) is 0 Å². The zero-order valence-electron chi connectivity index (χ0n) is 14.2. The summed E-state index contributed by atoms with van der Waals surface area (Å²) in [7, 11) is 1.65. The van der Waals surface area contributed by atoms with Crippen molar-refractivity contribution in [3.05, 3.63) is 46.8 Å². The van der Waals surface area contributed by atoms with Crippen molar-refractivity contribution in [3.63, 3.8) is 0 Å². The number of ether oxygens (including phenoxy) is 1. The molecule has 2 rings (SSSR count). The summed E-state index contributed by atoms with van der Waals surface area (Å²) in [5.41, 5.74) is 2.41. The maximum Gasteiger partial charge on any atom is 0.573 e. The second kappa shape index (κ2) is 7.58. The Balaban J connectivity index is 1.88. The fourth-order valence-electron chi connectivity index (χ4n) is 2.44. The number of halogens is 3. The van der Waals surface area contributed by atoms with Gasteiger partial charge in [0.05, 0.1) is 5.69 Å². The number of hydrogen-bond donors (Lipinski definition) is 0. The number of amides is 1. The maximum absolute atomic E-state index is 12.2. The lowest BCUT2D eigenvalue weighted by Crippen LogP contribution is -2.26. The minimum Gasteiger partial charge on any atom is -0.406 e. The molecule has 0 aliphatic heterocycles. The molecular weight excluding hydrogens is 337 g/mol. The summed E-state index contributed by atoms with van der Waals surface area (Å²) < 4.78 is 45.3. The molecule has 0 saturated heterocycles. The van der Waals surface area contributed by atoms with Gasteiger partial charge in [0, 0.05) is 25.6 Å². The van der Waals surface area contributed by atoms with E-state index in [1.54, 1.807) is 14.0 Å².